The molecule has 0 aliphatic rings. The number of nitrogens with zero attached hydrogens (tertiary/aromatic N) is 1. The third kappa shape index (κ3) is 2.03. The third-order valence-electron chi connectivity index (χ3n) is 1.54. The molecule has 1 rings (SSSR count). The minimum absolute atomic E-state index is 0.118. The molecule has 0 heterocycles. The lowest BCUT2D eigenvalue weighted by Gasteiger charge is -2.00. The van der Waals surface area contributed by atoms with Crippen LogP contribution in [0, 0.1) is 24.2 Å². The Morgan fingerprint density at radius 2 is 2.31 bits per heavy atom. The van der Waals surface area contributed by atoms with E-state index in [1.165, 1.54) is 18.3 Å². The highest BCUT2D eigenvalue weighted by atomic mass is 19.1. The number of carbonyl (C=O) groups is 1. The van der Waals surface area contributed by atoms with Gasteiger partial charge in [0.2, 0.25) is 0 Å². The van der Waals surface area contributed by atoms with E-state index in [1.807, 2.05) is 5.32 Å². The highest BCUT2D eigenvalue weighted by Gasteiger charge is 2.10. The zero-order valence-corrected chi connectivity index (χ0v) is 6.97. The van der Waals surface area contributed by atoms with E-state index < -0.39 is 11.7 Å². The summed E-state index contributed by atoms with van der Waals surface area (Å²) in [6.45, 7) is 1.72. The maximum Gasteiger partial charge on any atom is 0.267 e. The average molecular weight is 178 g/mol. The molecule has 0 aliphatic heterocycles. The highest BCUT2D eigenvalue weighted by molar-refractivity contribution is 5.95. The second-order valence-electron chi connectivity index (χ2n) is 2.55. The molecular weight excluding hydrogens is 171 g/mol. The van der Waals surface area contributed by atoms with E-state index in [0.717, 1.165) is 5.56 Å². The van der Waals surface area contributed by atoms with E-state index in [-0.39, 0.29) is 5.56 Å². The number of benzene rings is 1. The Labute approximate surface area is 74.8 Å². The number of halogens is 1. The van der Waals surface area contributed by atoms with E-state index in [1.54, 1.807) is 13.0 Å². The summed E-state index contributed by atoms with van der Waals surface area (Å²) in [7, 11) is 0. The smallest absolute Gasteiger partial charge is 0.267 e. The van der Waals surface area contributed by atoms with Crippen LogP contribution in [0.2, 0.25) is 0 Å². The van der Waals surface area contributed by atoms with Crippen LogP contribution in [0.4, 0.5) is 4.39 Å². The summed E-state index contributed by atoms with van der Waals surface area (Å²) in [6.07, 6.45) is 1.44. The van der Waals surface area contributed by atoms with Gasteiger partial charge in [-0.15, -0.1) is 0 Å². The van der Waals surface area contributed by atoms with Crippen LogP contribution in [0.15, 0.2) is 18.2 Å². The summed E-state index contributed by atoms with van der Waals surface area (Å²) in [5.41, 5.74) is 0.609. The molecule has 0 fully saturated rings. The van der Waals surface area contributed by atoms with Crippen LogP contribution in [0.5, 0.6) is 0 Å². The maximum absolute atomic E-state index is 13.1. The predicted octanol–water partition coefficient (Wildman–Crippen LogP) is 1.34. The first-order valence-electron chi connectivity index (χ1n) is 3.60. The molecule has 0 unspecified atom stereocenters. The molecule has 0 saturated carbocycles. The van der Waals surface area contributed by atoms with E-state index in [2.05, 4.69) is 0 Å². The monoisotopic (exact) mass is 178 g/mol. The summed E-state index contributed by atoms with van der Waals surface area (Å²) in [5, 5.41) is 9.99. The number of nitrogens with one attached hydrogen (secondary N) is 1. The SMILES string of the molecule is Cc1ccc(C(=O)NC#N)c(F)c1. The summed E-state index contributed by atoms with van der Waals surface area (Å²) in [5.74, 6) is -1.34. The Kier molecular flexibility index (Phi) is 2.60. The van der Waals surface area contributed by atoms with Crippen molar-refractivity contribution in [2.24, 2.45) is 0 Å². The molecule has 0 aliphatic carbocycles. The van der Waals surface area contributed by atoms with Gasteiger partial charge in [0.05, 0.1) is 5.56 Å². The molecule has 3 nitrogen and oxygen atoms in total. The number of nitriles is 1. The number of aryl methyl sites for hydroxylation is 1. The first-order chi connectivity index (χ1) is 6.15. The van der Waals surface area contributed by atoms with Crippen molar-refractivity contribution < 1.29 is 9.18 Å². The van der Waals surface area contributed by atoms with Crippen molar-refractivity contribution in [2.75, 3.05) is 0 Å². The van der Waals surface area contributed by atoms with Gasteiger partial charge in [-0.1, -0.05) is 6.07 Å². The Morgan fingerprint density at radius 3 is 2.85 bits per heavy atom. The zero-order valence-electron chi connectivity index (χ0n) is 6.97. The van der Waals surface area contributed by atoms with E-state index in [0.29, 0.717) is 0 Å². The van der Waals surface area contributed by atoms with Gasteiger partial charge in [-0.3, -0.25) is 10.1 Å². The lowest BCUT2D eigenvalue weighted by atomic mass is 10.1. The molecule has 0 radical (unpaired) electrons. The fraction of sp³-hybridized carbons (Fsp3) is 0.111. The van der Waals surface area contributed by atoms with Crippen LogP contribution in [0.3, 0.4) is 0 Å². The quantitative estimate of drug-likeness (QED) is 0.521. The molecule has 0 atom stereocenters. The first kappa shape index (κ1) is 9.20. The molecule has 0 spiro atoms. The van der Waals surface area contributed by atoms with Crippen molar-refractivity contribution in [1.29, 1.82) is 5.26 Å². The number of amides is 1. The molecule has 1 amide bonds. The minimum Gasteiger partial charge on any atom is -0.268 e. The second kappa shape index (κ2) is 3.68. The summed E-state index contributed by atoms with van der Waals surface area (Å²) in [6, 6.07) is 4.19. The molecule has 0 aromatic heterocycles. The summed E-state index contributed by atoms with van der Waals surface area (Å²) < 4.78 is 13.1. The zero-order chi connectivity index (χ0) is 9.84. The van der Waals surface area contributed by atoms with Crippen molar-refractivity contribution >= 4 is 5.91 Å². The first-order valence-corrected chi connectivity index (χ1v) is 3.60. The number of hydrogen-bond donors (Lipinski definition) is 1. The summed E-state index contributed by atoms with van der Waals surface area (Å²) in [4.78, 5) is 11.0. The van der Waals surface area contributed by atoms with Crippen molar-refractivity contribution in [3.8, 4) is 6.19 Å². The van der Waals surface area contributed by atoms with E-state index in [9.17, 15) is 9.18 Å². The fourth-order valence-corrected chi connectivity index (χ4v) is 0.922. The summed E-state index contributed by atoms with van der Waals surface area (Å²) >= 11 is 0. The Hall–Kier alpha value is -1.89. The molecular formula is C9H7FN2O. The Balaban J connectivity index is 3.03. The van der Waals surface area contributed by atoms with Gasteiger partial charge in [-0.25, -0.2) is 4.39 Å². The van der Waals surface area contributed by atoms with E-state index in [4.69, 9.17) is 5.26 Å². The number of rotatable bonds is 1. The van der Waals surface area contributed by atoms with Gasteiger partial charge in [0.15, 0.2) is 6.19 Å². The second-order valence-corrected chi connectivity index (χ2v) is 2.55. The van der Waals surface area contributed by atoms with Crippen LogP contribution in [-0.4, -0.2) is 5.91 Å². The van der Waals surface area contributed by atoms with Crippen molar-refractivity contribution in [2.45, 2.75) is 6.92 Å². The van der Waals surface area contributed by atoms with Crippen molar-refractivity contribution in [3.05, 3.63) is 35.1 Å². The van der Waals surface area contributed by atoms with Crippen molar-refractivity contribution in [3.63, 3.8) is 0 Å². The normalized spacial score (nSPS) is 9.00. The number of hydrogen-bond acceptors (Lipinski definition) is 2. The standard InChI is InChI=1S/C9H7FN2O/c1-6-2-3-7(8(10)4-6)9(13)12-5-11/h2-4H,1H3,(H,12,13). The van der Waals surface area contributed by atoms with Crippen LogP contribution in [0.25, 0.3) is 0 Å². The van der Waals surface area contributed by atoms with E-state index >= 15 is 0 Å². The molecule has 1 aromatic rings. The third-order valence-corrected chi connectivity index (χ3v) is 1.54. The minimum atomic E-state index is -0.722. The van der Waals surface area contributed by atoms with Crippen molar-refractivity contribution in [1.82, 2.24) is 5.32 Å². The van der Waals surface area contributed by atoms with Crippen LogP contribution >= 0.6 is 0 Å². The van der Waals surface area contributed by atoms with Gasteiger partial charge in [-0.05, 0) is 24.6 Å². The molecule has 13 heavy (non-hydrogen) atoms. The molecule has 66 valence electrons. The fourth-order valence-electron chi connectivity index (χ4n) is 0.922. The average Bonchev–Trinajstić information content (AvgIpc) is 2.04. The van der Waals surface area contributed by atoms with Gasteiger partial charge in [-0.2, -0.15) is 5.26 Å². The molecule has 1 aromatic carbocycles. The van der Waals surface area contributed by atoms with Gasteiger partial charge in [0.25, 0.3) is 5.91 Å². The molecule has 0 bridgehead atoms. The highest BCUT2D eigenvalue weighted by Crippen LogP contribution is 2.09. The van der Waals surface area contributed by atoms with Gasteiger partial charge in [0.1, 0.15) is 5.82 Å². The van der Waals surface area contributed by atoms with Crippen LogP contribution < -0.4 is 5.32 Å². The Bertz CT molecular complexity index is 382. The molecule has 4 heteroatoms. The largest absolute Gasteiger partial charge is 0.268 e. The maximum atomic E-state index is 13.1. The lowest BCUT2D eigenvalue weighted by Crippen LogP contribution is -2.18. The lowest BCUT2D eigenvalue weighted by molar-refractivity contribution is 0.0969. The molecule has 1 N–H and O–H groups in total. The Morgan fingerprint density at radius 1 is 1.62 bits per heavy atom. The predicted molar refractivity (Wildman–Crippen MR) is 44.2 cm³/mol. The number of carbonyl (C=O) groups excluding carboxylic acids is 1. The van der Waals surface area contributed by atoms with Gasteiger partial charge < -0.3 is 0 Å². The van der Waals surface area contributed by atoms with Crippen LogP contribution in [0.1, 0.15) is 15.9 Å². The topological polar surface area (TPSA) is 52.9 Å². The molecule has 0 saturated heterocycles. The van der Waals surface area contributed by atoms with Gasteiger partial charge in [0, 0.05) is 0 Å². The van der Waals surface area contributed by atoms with Crippen LogP contribution in [-0.2, 0) is 0 Å². The van der Waals surface area contributed by atoms with Gasteiger partial charge >= 0.3 is 0 Å².